The van der Waals surface area contributed by atoms with E-state index < -0.39 is 0 Å². The Morgan fingerprint density at radius 3 is 2.64 bits per heavy atom. The van der Waals surface area contributed by atoms with Crippen LogP contribution >= 0.6 is 0 Å². The molecule has 1 heterocycles. The predicted molar refractivity (Wildman–Crippen MR) is 85.7 cm³/mol. The van der Waals surface area contributed by atoms with Crippen LogP contribution in [0.4, 0.5) is 5.69 Å². The molecule has 5 nitrogen and oxygen atoms in total. The van der Waals surface area contributed by atoms with E-state index >= 15 is 0 Å². The average molecular weight is 296 g/mol. The fourth-order valence-corrected chi connectivity index (χ4v) is 2.55. The Hall–Kier alpha value is -2.82. The van der Waals surface area contributed by atoms with E-state index in [2.05, 4.69) is 5.18 Å². The molecule has 112 valence electrons. The summed E-state index contributed by atoms with van der Waals surface area (Å²) in [6.07, 6.45) is 0. The summed E-state index contributed by atoms with van der Waals surface area (Å²) in [4.78, 5) is 10.9. The lowest BCUT2D eigenvalue weighted by Gasteiger charge is -2.10. The van der Waals surface area contributed by atoms with Crippen LogP contribution in [0, 0.1) is 11.8 Å². The van der Waals surface area contributed by atoms with Gasteiger partial charge in [0.15, 0.2) is 5.69 Å². The Labute approximate surface area is 127 Å². The summed E-state index contributed by atoms with van der Waals surface area (Å²) in [5, 5.41) is 13.8. The van der Waals surface area contributed by atoms with Gasteiger partial charge in [-0.2, -0.15) is 0 Å². The Balaban J connectivity index is 1.84. The second-order valence-corrected chi connectivity index (χ2v) is 5.05. The summed E-state index contributed by atoms with van der Waals surface area (Å²) in [7, 11) is 0. The van der Waals surface area contributed by atoms with E-state index in [1.807, 2.05) is 49.4 Å². The van der Waals surface area contributed by atoms with Crippen LogP contribution in [0.3, 0.4) is 0 Å². The van der Waals surface area contributed by atoms with E-state index in [9.17, 15) is 10.0 Å². The molecular formula is C17H16N2O3. The van der Waals surface area contributed by atoms with Crippen molar-refractivity contribution in [3.8, 4) is 11.6 Å². The maximum absolute atomic E-state index is 10.9. The number of fused-ring (bicyclic) bond motifs is 1. The highest BCUT2D eigenvalue weighted by atomic mass is 16.5. The molecular weight excluding hydrogens is 280 g/mol. The molecule has 1 N–H and O–H groups in total. The maximum atomic E-state index is 10.9. The third-order valence-electron chi connectivity index (χ3n) is 3.67. The number of aromatic hydroxyl groups is 1. The van der Waals surface area contributed by atoms with Gasteiger partial charge >= 0.3 is 0 Å². The lowest BCUT2D eigenvalue weighted by atomic mass is 10.2. The first-order chi connectivity index (χ1) is 10.7. The number of nitrogens with zero attached hydrogens (tertiary/aromatic N) is 2. The molecule has 0 fully saturated rings. The van der Waals surface area contributed by atoms with Crippen molar-refractivity contribution in [3.05, 3.63) is 59.0 Å². The molecule has 3 rings (SSSR count). The minimum Gasteiger partial charge on any atom is -0.493 e. The van der Waals surface area contributed by atoms with Crippen LogP contribution in [0.25, 0.3) is 10.9 Å². The van der Waals surface area contributed by atoms with Gasteiger partial charge in [0.25, 0.3) is 0 Å². The fourth-order valence-electron chi connectivity index (χ4n) is 2.55. The van der Waals surface area contributed by atoms with Crippen LogP contribution in [-0.2, 0) is 6.54 Å². The van der Waals surface area contributed by atoms with Crippen molar-refractivity contribution in [3.63, 3.8) is 0 Å². The van der Waals surface area contributed by atoms with Gasteiger partial charge in [-0.25, -0.2) is 0 Å². The Morgan fingerprint density at radius 1 is 1.14 bits per heavy atom. The highest BCUT2D eigenvalue weighted by Crippen LogP contribution is 2.38. The van der Waals surface area contributed by atoms with Gasteiger partial charge in [0, 0.05) is 5.39 Å². The molecule has 0 atom stereocenters. The van der Waals surface area contributed by atoms with Crippen molar-refractivity contribution in [2.75, 3.05) is 6.61 Å². The van der Waals surface area contributed by atoms with Gasteiger partial charge < -0.3 is 14.4 Å². The van der Waals surface area contributed by atoms with E-state index in [1.165, 1.54) is 0 Å². The van der Waals surface area contributed by atoms with Gasteiger partial charge in [0.2, 0.25) is 5.88 Å². The zero-order valence-corrected chi connectivity index (χ0v) is 12.2. The molecule has 0 saturated heterocycles. The van der Waals surface area contributed by atoms with Gasteiger partial charge in [-0.15, -0.1) is 4.91 Å². The zero-order chi connectivity index (χ0) is 15.5. The summed E-state index contributed by atoms with van der Waals surface area (Å²) in [6, 6.07) is 15.0. The zero-order valence-electron chi connectivity index (χ0n) is 12.2. The number of hydrogen-bond acceptors (Lipinski definition) is 4. The Kier molecular flexibility index (Phi) is 3.78. The number of hydrogen-bond donors (Lipinski definition) is 1. The molecule has 22 heavy (non-hydrogen) atoms. The van der Waals surface area contributed by atoms with Crippen molar-refractivity contribution in [1.82, 2.24) is 4.57 Å². The first-order valence-electron chi connectivity index (χ1n) is 7.04. The van der Waals surface area contributed by atoms with Gasteiger partial charge in [-0.3, -0.25) is 0 Å². The predicted octanol–water partition coefficient (Wildman–Crippen LogP) is 4.13. The Bertz CT molecular complexity index is 824. The summed E-state index contributed by atoms with van der Waals surface area (Å²) >= 11 is 0. The minimum absolute atomic E-state index is 0.0755. The molecule has 0 aliphatic carbocycles. The normalized spacial score (nSPS) is 10.8. The summed E-state index contributed by atoms with van der Waals surface area (Å²) in [6.45, 7) is 2.79. The quantitative estimate of drug-likeness (QED) is 0.720. The molecule has 0 unspecified atom stereocenters. The molecule has 3 aromatic rings. The molecule has 2 aromatic carbocycles. The largest absolute Gasteiger partial charge is 0.493 e. The van der Waals surface area contributed by atoms with E-state index in [1.54, 1.807) is 10.6 Å². The van der Waals surface area contributed by atoms with Gasteiger partial charge in [0.1, 0.15) is 12.4 Å². The molecule has 0 bridgehead atoms. The van der Waals surface area contributed by atoms with Crippen LogP contribution in [-0.4, -0.2) is 16.3 Å². The monoisotopic (exact) mass is 296 g/mol. The number of rotatable bonds is 5. The fraction of sp³-hybridized carbons (Fsp3) is 0.176. The summed E-state index contributed by atoms with van der Waals surface area (Å²) in [5.41, 5.74) is 1.90. The smallest absolute Gasteiger partial charge is 0.222 e. The lowest BCUT2D eigenvalue weighted by Crippen LogP contribution is -2.08. The molecule has 0 saturated carbocycles. The van der Waals surface area contributed by atoms with Gasteiger partial charge in [-0.05, 0) is 29.8 Å². The third kappa shape index (κ3) is 2.41. The van der Waals surface area contributed by atoms with Crippen LogP contribution in [0.5, 0.6) is 11.6 Å². The Morgan fingerprint density at radius 2 is 1.86 bits per heavy atom. The number of nitroso groups, excluding NO2 is 1. The van der Waals surface area contributed by atoms with Crippen molar-refractivity contribution in [2.24, 2.45) is 5.18 Å². The highest BCUT2D eigenvalue weighted by molar-refractivity contribution is 5.95. The van der Waals surface area contributed by atoms with Crippen LogP contribution in [0.1, 0.15) is 5.56 Å². The molecule has 5 heteroatoms. The molecule has 0 aliphatic heterocycles. The van der Waals surface area contributed by atoms with Gasteiger partial charge in [0.05, 0.1) is 12.1 Å². The third-order valence-corrected chi connectivity index (χ3v) is 3.67. The first-order valence-corrected chi connectivity index (χ1v) is 7.04. The molecule has 0 radical (unpaired) electrons. The van der Waals surface area contributed by atoms with Crippen molar-refractivity contribution >= 4 is 16.6 Å². The molecule has 0 spiro atoms. The van der Waals surface area contributed by atoms with Crippen LogP contribution in [0.15, 0.2) is 53.7 Å². The van der Waals surface area contributed by atoms with Crippen LogP contribution < -0.4 is 4.74 Å². The van der Waals surface area contributed by atoms with Crippen molar-refractivity contribution in [1.29, 1.82) is 0 Å². The number of ether oxygens (including phenoxy) is 1. The van der Waals surface area contributed by atoms with Crippen molar-refractivity contribution in [2.45, 2.75) is 13.5 Å². The summed E-state index contributed by atoms with van der Waals surface area (Å²) < 4.78 is 7.39. The maximum Gasteiger partial charge on any atom is 0.222 e. The second-order valence-electron chi connectivity index (χ2n) is 5.05. The number of para-hydroxylation sites is 2. The number of aromatic nitrogens is 1. The molecule has 1 aromatic heterocycles. The standard InChI is InChI=1S/C17H16N2O3/c1-12-6-2-5-9-15(12)22-11-10-19-14-8-4-3-7-13(14)16(18-21)17(19)20/h2-9,20H,10-11H2,1H3. The second kappa shape index (κ2) is 5.89. The average Bonchev–Trinajstić information content (AvgIpc) is 2.81. The van der Waals surface area contributed by atoms with Crippen molar-refractivity contribution < 1.29 is 9.84 Å². The first kappa shape index (κ1) is 14.1. The minimum atomic E-state index is -0.121. The topological polar surface area (TPSA) is 63.8 Å². The highest BCUT2D eigenvalue weighted by Gasteiger charge is 2.16. The summed E-state index contributed by atoms with van der Waals surface area (Å²) in [5.74, 6) is 0.691. The SMILES string of the molecule is Cc1ccccc1OCCn1c(O)c(N=O)c2ccccc21. The molecule has 0 aliphatic rings. The lowest BCUT2D eigenvalue weighted by molar-refractivity contribution is 0.289. The number of aryl methyl sites for hydroxylation is 1. The van der Waals surface area contributed by atoms with E-state index in [-0.39, 0.29) is 11.6 Å². The van der Waals surface area contributed by atoms with E-state index in [0.29, 0.717) is 18.5 Å². The van der Waals surface area contributed by atoms with E-state index in [0.717, 1.165) is 16.8 Å². The van der Waals surface area contributed by atoms with E-state index in [4.69, 9.17) is 4.74 Å². The number of benzene rings is 2. The van der Waals surface area contributed by atoms with Gasteiger partial charge in [-0.1, -0.05) is 36.4 Å². The molecule has 0 amide bonds. The van der Waals surface area contributed by atoms with Crippen LogP contribution in [0.2, 0.25) is 0 Å².